The highest BCUT2D eigenvalue weighted by atomic mass is 16.3. The average Bonchev–Trinajstić information content (AvgIpc) is 1.99. The van der Waals surface area contributed by atoms with Crippen LogP contribution in [0.15, 0.2) is 0 Å². The highest BCUT2D eigenvalue weighted by Crippen LogP contribution is 2.12. The molecule has 0 rings (SSSR count). The fourth-order valence-corrected chi connectivity index (χ4v) is 0.885. The van der Waals surface area contributed by atoms with Crippen molar-refractivity contribution in [3.63, 3.8) is 0 Å². The van der Waals surface area contributed by atoms with Gasteiger partial charge in [-0.15, -0.1) is 0 Å². The fraction of sp³-hybridized carbons (Fsp3) is 1.00. The van der Waals surface area contributed by atoms with Gasteiger partial charge < -0.3 is 5.11 Å². The highest BCUT2D eigenvalue weighted by molar-refractivity contribution is 4.56. The Morgan fingerprint density at radius 3 is 2.10 bits per heavy atom. The lowest BCUT2D eigenvalue weighted by Gasteiger charge is -2.10. The Bertz CT molecular complexity index is 61.1. The summed E-state index contributed by atoms with van der Waals surface area (Å²) in [4.78, 5) is 0. The van der Waals surface area contributed by atoms with Gasteiger partial charge >= 0.3 is 0 Å². The summed E-state index contributed by atoms with van der Waals surface area (Å²) in [6.45, 7) is 6.46. The third-order valence-electron chi connectivity index (χ3n) is 2.16. The summed E-state index contributed by atoms with van der Waals surface area (Å²) in [5, 5.41) is 9.20. The third kappa shape index (κ3) is 4.80. The summed E-state index contributed by atoms with van der Waals surface area (Å²) < 4.78 is 0. The molecule has 0 aromatic heterocycles. The van der Waals surface area contributed by atoms with E-state index in [-0.39, 0.29) is 6.10 Å². The van der Waals surface area contributed by atoms with Crippen LogP contribution in [0, 0.1) is 5.92 Å². The van der Waals surface area contributed by atoms with Crippen molar-refractivity contribution in [1.29, 1.82) is 0 Å². The van der Waals surface area contributed by atoms with Crippen LogP contribution in [-0.4, -0.2) is 11.2 Å². The Balaban J connectivity index is 3.17. The SMILES string of the molecule is CCC(O)CC[C@H](C)CC. The molecule has 0 spiro atoms. The summed E-state index contributed by atoms with van der Waals surface area (Å²) >= 11 is 0. The zero-order chi connectivity index (χ0) is 7.98. The molecular weight excluding hydrogens is 124 g/mol. The molecule has 0 radical (unpaired) electrons. The van der Waals surface area contributed by atoms with E-state index in [2.05, 4.69) is 13.8 Å². The highest BCUT2D eigenvalue weighted by Gasteiger charge is 2.03. The molecule has 0 aliphatic carbocycles. The molecule has 0 fully saturated rings. The first-order chi connectivity index (χ1) is 4.70. The minimum absolute atomic E-state index is 0.0611. The van der Waals surface area contributed by atoms with Crippen LogP contribution in [-0.2, 0) is 0 Å². The third-order valence-corrected chi connectivity index (χ3v) is 2.16. The lowest BCUT2D eigenvalue weighted by molar-refractivity contribution is 0.151. The van der Waals surface area contributed by atoms with Crippen LogP contribution in [0.4, 0.5) is 0 Å². The molecule has 2 atom stereocenters. The maximum absolute atomic E-state index is 9.20. The summed E-state index contributed by atoms with van der Waals surface area (Å²) in [7, 11) is 0. The van der Waals surface area contributed by atoms with E-state index < -0.39 is 0 Å². The van der Waals surface area contributed by atoms with Gasteiger partial charge in [0.25, 0.3) is 0 Å². The van der Waals surface area contributed by atoms with E-state index in [0.717, 1.165) is 18.8 Å². The van der Waals surface area contributed by atoms with Crippen molar-refractivity contribution < 1.29 is 5.11 Å². The topological polar surface area (TPSA) is 20.2 Å². The molecule has 0 aromatic rings. The first kappa shape index (κ1) is 9.96. The van der Waals surface area contributed by atoms with E-state index in [0.29, 0.717) is 0 Å². The Labute approximate surface area is 64.5 Å². The van der Waals surface area contributed by atoms with Crippen LogP contribution in [0.2, 0.25) is 0 Å². The lowest BCUT2D eigenvalue weighted by Crippen LogP contribution is -2.06. The van der Waals surface area contributed by atoms with Gasteiger partial charge in [0, 0.05) is 0 Å². The van der Waals surface area contributed by atoms with E-state index in [1.165, 1.54) is 12.8 Å². The lowest BCUT2D eigenvalue weighted by atomic mass is 10.00. The molecule has 0 aromatic carbocycles. The largest absolute Gasteiger partial charge is 0.393 e. The molecule has 0 saturated heterocycles. The minimum atomic E-state index is -0.0611. The van der Waals surface area contributed by atoms with Gasteiger partial charge in [-0.05, 0) is 25.2 Å². The molecule has 0 heterocycles. The van der Waals surface area contributed by atoms with Gasteiger partial charge in [-0.3, -0.25) is 0 Å². The van der Waals surface area contributed by atoms with Gasteiger partial charge in [0.05, 0.1) is 6.10 Å². The number of rotatable bonds is 5. The monoisotopic (exact) mass is 144 g/mol. The molecular formula is C9H20O. The second-order valence-electron chi connectivity index (χ2n) is 3.15. The quantitative estimate of drug-likeness (QED) is 0.628. The number of aliphatic hydroxyl groups excluding tert-OH is 1. The van der Waals surface area contributed by atoms with Crippen LogP contribution < -0.4 is 0 Å². The maximum atomic E-state index is 9.20. The summed E-state index contributed by atoms with van der Waals surface area (Å²) in [5.41, 5.74) is 0. The molecule has 1 heteroatoms. The second-order valence-corrected chi connectivity index (χ2v) is 3.15. The molecule has 10 heavy (non-hydrogen) atoms. The van der Waals surface area contributed by atoms with E-state index >= 15 is 0 Å². The van der Waals surface area contributed by atoms with Gasteiger partial charge in [-0.1, -0.05) is 27.2 Å². The van der Waals surface area contributed by atoms with E-state index in [1.54, 1.807) is 0 Å². The van der Waals surface area contributed by atoms with Crippen LogP contribution >= 0.6 is 0 Å². The summed E-state index contributed by atoms with van der Waals surface area (Å²) in [6, 6.07) is 0. The van der Waals surface area contributed by atoms with Crippen molar-refractivity contribution in [2.75, 3.05) is 0 Å². The molecule has 0 bridgehead atoms. The minimum Gasteiger partial charge on any atom is -0.393 e. The van der Waals surface area contributed by atoms with E-state index in [9.17, 15) is 5.11 Å². The maximum Gasteiger partial charge on any atom is 0.0537 e. The van der Waals surface area contributed by atoms with Crippen LogP contribution in [0.1, 0.15) is 46.5 Å². The molecule has 1 N–H and O–H groups in total. The van der Waals surface area contributed by atoms with Crippen molar-refractivity contribution in [1.82, 2.24) is 0 Å². The Hall–Kier alpha value is -0.0400. The molecule has 1 nitrogen and oxygen atoms in total. The zero-order valence-electron chi connectivity index (χ0n) is 7.43. The van der Waals surface area contributed by atoms with Gasteiger partial charge in [0.2, 0.25) is 0 Å². The Morgan fingerprint density at radius 2 is 1.70 bits per heavy atom. The molecule has 0 amide bonds. The Kier molecular flexibility index (Phi) is 5.70. The molecule has 0 aliphatic rings. The predicted octanol–water partition coefficient (Wildman–Crippen LogP) is 2.58. The molecule has 0 saturated carbocycles. The average molecular weight is 144 g/mol. The predicted molar refractivity (Wildman–Crippen MR) is 45.0 cm³/mol. The Morgan fingerprint density at radius 1 is 1.10 bits per heavy atom. The first-order valence-corrected chi connectivity index (χ1v) is 4.38. The number of hydrogen-bond acceptors (Lipinski definition) is 1. The van der Waals surface area contributed by atoms with E-state index in [4.69, 9.17) is 0 Å². The van der Waals surface area contributed by atoms with Crippen molar-refractivity contribution in [2.24, 2.45) is 5.92 Å². The van der Waals surface area contributed by atoms with Crippen LogP contribution in [0.25, 0.3) is 0 Å². The van der Waals surface area contributed by atoms with Gasteiger partial charge in [-0.2, -0.15) is 0 Å². The van der Waals surface area contributed by atoms with Crippen LogP contribution in [0.5, 0.6) is 0 Å². The summed E-state index contributed by atoms with van der Waals surface area (Å²) in [6.07, 6.45) is 4.22. The van der Waals surface area contributed by atoms with Gasteiger partial charge in [0.1, 0.15) is 0 Å². The van der Waals surface area contributed by atoms with Gasteiger partial charge in [-0.25, -0.2) is 0 Å². The summed E-state index contributed by atoms with van der Waals surface area (Å²) in [5.74, 6) is 0.779. The van der Waals surface area contributed by atoms with Crippen molar-refractivity contribution >= 4 is 0 Å². The number of hydrogen-bond donors (Lipinski definition) is 1. The second kappa shape index (κ2) is 5.72. The standard InChI is InChI=1S/C9H20O/c1-4-8(3)6-7-9(10)5-2/h8-10H,4-7H2,1-3H3/t8-,9?/m1/s1. The van der Waals surface area contributed by atoms with Crippen LogP contribution in [0.3, 0.4) is 0 Å². The molecule has 1 unspecified atom stereocenters. The first-order valence-electron chi connectivity index (χ1n) is 4.38. The van der Waals surface area contributed by atoms with Gasteiger partial charge in [0.15, 0.2) is 0 Å². The van der Waals surface area contributed by atoms with E-state index in [1.807, 2.05) is 6.92 Å². The zero-order valence-corrected chi connectivity index (χ0v) is 7.43. The van der Waals surface area contributed by atoms with Crippen molar-refractivity contribution in [2.45, 2.75) is 52.6 Å². The smallest absolute Gasteiger partial charge is 0.0537 e. The molecule has 0 aliphatic heterocycles. The normalized spacial score (nSPS) is 16.8. The van der Waals surface area contributed by atoms with Crippen molar-refractivity contribution in [3.05, 3.63) is 0 Å². The van der Waals surface area contributed by atoms with Crippen molar-refractivity contribution in [3.8, 4) is 0 Å². The fourth-order valence-electron chi connectivity index (χ4n) is 0.885. The molecule has 62 valence electrons. The number of aliphatic hydroxyl groups is 1.